The topological polar surface area (TPSA) is 30.5 Å². The van der Waals surface area contributed by atoms with Gasteiger partial charge < -0.3 is 14.8 Å². The Kier molecular flexibility index (Phi) is 8.97. The first-order chi connectivity index (χ1) is 10.0. The van der Waals surface area contributed by atoms with Crippen LogP contribution in [0.15, 0.2) is 16.6 Å². The van der Waals surface area contributed by atoms with E-state index in [4.69, 9.17) is 9.47 Å². The minimum atomic E-state index is 0.597. The van der Waals surface area contributed by atoms with E-state index in [1.54, 1.807) is 0 Å². The summed E-state index contributed by atoms with van der Waals surface area (Å²) in [4.78, 5) is 0. The quantitative estimate of drug-likeness (QED) is 0.633. The minimum absolute atomic E-state index is 0.597. The van der Waals surface area contributed by atoms with E-state index in [1.807, 2.05) is 0 Å². The summed E-state index contributed by atoms with van der Waals surface area (Å²) in [6, 6.07) is 4.20. The molecule has 0 radical (unpaired) electrons. The average molecular weight is 358 g/mol. The van der Waals surface area contributed by atoms with Crippen LogP contribution in [0.4, 0.5) is 0 Å². The standard InChI is InChI=1S/C17H28BrNO2/c1-5-19-12-15-11-16(18)10-14(4)17(15)21-9-8-20-7-6-13(2)3/h10-11,13,19H,5-9,12H2,1-4H3. The molecular weight excluding hydrogens is 330 g/mol. The first-order valence-corrected chi connectivity index (χ1v) is 8.54. The lowest BCUT2D eigenvalue weighted by atomic mass is 10.1. The number of nitrogens with one attached hydrogen (secondary N) is 1. The van der Waals surface area contributed by atoms with Gasteiger partial charge in [0.2, 0.25) is 0 Å². The lowest BCUT2D eigenvalue weighted by molar-refractivity contribution is 0.0920. The first-order valence-electron chi connectivity index (χ1n) is 7.74. The fourth-order valence-electron chi connectivity index (χ4n) is 2.02. The lowest BCUT2D eigenvalue weighted by Crippen LogP contribution is -2.15. The summed E-state index contributed by atoms with van der Waals surface area (Å²) < 4.78 is 12.6. The molecular formula is C17H28BrNO2. The lowest BCUT2D eigenvalue weighted by Gasteiger charge is -2.15. The number of ether oxygens (including phenoxy) is 2. The van der Waals surface area contributed by atoms with Gasteiger partial charge in [0.05, 0.1) is 6.61 Å². The number of benzene rings is 1. The predicted molar refractivity (Wildman–Crippen MR) is 92.0 cm³/mol. The van der Waals surface area contributed by atoms with Crippen molar-refractivity contribution < 1.29 is 9.47 Å². The van der Waals surface area contributed by atoms with Crippen LogP contribution in [0.5, 0.6) is 5.75 Å². The maximum atomic E-state index is 5.94. The fraction of sp³-hybridized carbons (Fsp3) is 0.647. The van der Waals surface area contributed by atoms with Crippen molar-refractivity contribution in [1.82, 2.24) is 5.32 Å². The molecule has 1 aromatic carbocycles. The van der Waals surface area contributed by atoms with Gasteiger partial charge in [-0.2, -0.15) is 0 Å². The molecule has 0 amide bonds. The molecule has 0 heterocycles. The van der Waals surface area contributed by atoms with Crippen molar-refractivity contribution in [2.24, 2.45) is 5.92 Å². The van der Waals surface area contributed by atoms with Gasteiger partial charge in [0.25, 0.3) is 0 Å². The average Bonchev–Trinajstić information content (AvgIpc) is 2.41. The highest BCUT2D eigenvalue weighted by Gasteiger charge is 2.09. The van der Waals surface area contributed by atoms with Crippen LogP contribution in [0.25, 0.3) is 0 Å². The number of hydrogen-bond donors (Lipinski definition) is 1. The predicted octanol–water partition coefficient (Wildman–Crippen LogP) is 4.31. The Bertz CT molecular complexity index is 421. The fourth-order valence-corrected chi connectivity index (χ4v) is 2.64. The van der Waals surface area contributed by atoms with Gasteiger partial charge in [-0.25, -0.2) is 0 Å². The van der Waals surface area contributed by atoms with Crippen LogP contribution in [0.1, 0.15) is 38.3 Å². The van der Waals surface area contributed by atoms with Crippen LogP contribution in [0.3, 0.4) is 0 Å². The second-order valence-electron chi connectivity index (χ2n) is 5.63. The summed E-state index contributed by atoms with van der Waals surface area (Å²) in [5.74, 6) is 1.66. The van der Waals surface area contributed by atoms with Gasteiger partial charge in [-0.3, -0.25) is 0 Å². The highest BCUT2D eigenvalue weighted by molar-refractivity contribution is 9.10. The third-order valence-corrected chi connectivity index (χ3v) is 3.65. The van der Waals surface area contributed by atoms with E-state index in [1.165, 1.54) is 5.56 Å². The zero-order valence-electron chi connectivity index (χ0n) is 13.7. The molecule has 1 aromatic rings. The Morgan fingerprint density at radius 3 is 2.62 bits per heavy atom. The molecule has 1 N–H and O–H groups in total. The van der Waals surface area contributed by atoms with Crippen molar-refractivity contribution >= 4 is 15.9 Å². The normalized spacial score (nSPS) is 11.1. The van der Waals surface area contributed by atoms with E-state index in [2.05, 4.69) is 61.1 Å². The molecule has 1 rings (SSSR count). The van der Waals surface area contributed by atoms with E-state index >= 15 is 0 Å². The molecule has 0 bridgehead atoms. The largest absolute Gasteiger partial charge is 0.491 e. The number of hydrogen-bond acceptors (Lipinski definition) is 3. The Hall–Kier alpha value is -0.580. The van der Waals surface area contributed by atoms with Crippen molar-refractivity contribution in [3.05, 3.63) is 27.7 Å². The Morgan fingerprint density at radius 1 is 1.19 bits per heavy atom. The van der Waals surface area contributed by atoms with Gasteiger partial charge in [0.15, 0.2) is 0 Å². The van der Waals surface area contributed by atoms with Crippen LogP contribution in [-0.4, -0.2) is 26.4 Å². The molecule has 0 aliphatic rings. The van der Waals surface area contributed by atoms with Crippen molar-refractivity contribution in [1.29, 1.82) is 0 Å². The van der Waals surface area contributed by atoms with Crippen molar-refractivity contribution in [2.45, 2.75) is 40.7 Å². The Morgan fingerprint density at radius 2 is 1.95 bits per heavy atom. The molecule has 0 saturated carbocycles. The molecule has 0 saturated heterocycles. The molecule has 0 atom stereocenters. The van der Waals surface area contributed by atoms with Crippen LogP contribution in [0, 0.1) is 12.8 Å². The zero-order valence-corrected chi connectivity index (χ0v) is 15.3. The monoisotopic (exact) mass is 357 g/mol. The van der Waals surface area contributed by atoms with Gasteiger partial charge >= 0.3 is 0 Å². The molecule has 0 unspecified atom stereocenters. The Labute approximate surface area is 137 Å². The second-order valence-corrected chi connectivity index (χ2v) is 6.55. The van der Waals surface area contributed by atoms with Gasteiger partial charge in [0.1, 0.15) is 12.4 Å². The van der Waals surface area contributed by atoms with Gasteiger partial charge in [-0.1, -0.05) is 36.7 Å². The smallest absolute Gasteiger partial charge is 0.126 e. The molecule has 0 aliphatic carbocycles. The summed E-state index contributed by atoms with van der Waals surface area (Å²) in [6.45, 7) is 12.4. The highest BCUT2D eigenvalue weighted by Crippen LogP contribution is 2.28. The Balaban J connectivity index is 2.49. The van der Waals surface area contributed by atoms with Crippen LogP contribution < -0.4 is 10.1 Å². The molecule has 3 nitrogen and oxygen atoms in total. The summed E-state index contributed by atoms with van der Waals surface area (Å²) in [5, 5.41) is 3.35. The van der Waals surface area contributed by atoms with Gasteiger partial charge in [-0.15, -0.1) is 0 Å². The summed E-state index contributed by atoms with van der Waals surface area (Å²) in [6.07, 6.45) is 1.10. The number of aryl methyl sites for hydroxylation is 1. The molecule has 0 aromatic heterocycles. The molecule has 0 aliphatic heterocycles. The first kappa shape index (κ1) is 18.5. The van der Waals surface area contributed by atoms with Crippen molar-refractivity contribution in [2.75, 3.05) is 26.4 Å². The van der Waals surface area contributed by atoms with E-state index < -0.39 is 0 Å². The SMILES string of the molecule is CCNCc1cc(Br)cc(C)c1OCCOCCC(C)C. The molecule has 4 heteroatoms. The van der Waals surface area contributed by atoms with Crippen molar-refractivity contribution in [3.8, 4) is 5.75 Å². The second kappa shape index (κ2) is 10.2. The summed E-state index contributed by atoms with van der Waals surface area (Å²) >= 11 is 3.55. The van der Waals surface area contributed by atoms with Crippen LogP contribution in [-0.2, 0) is 11.3 Å². The summed E-state index contributed by atoms with van der Waals surface area (Å²) in [5.41, 5.74) is 2.34. The molecule has 0 spiro atoms. The van der Waals surface area contributed by atoms with Gasteiger partial charge in [0, 0.05) is 23.2 Å². The highest BCUT2D eigenvalue weighted by atomic mass is 79.9. The van der Waals surface area contributed by atoms with Crippen molar-refractivity contribution in [3.63, 3.8) is 0 Å². The molecule has 0 fully saturated rings. The zero-order chi connectivity index (χ0) is 15.7. The third kappa shape index (κ3) is 7.30. The molecule has 21 heavy (non-hydrogen) atoms. The van der Waals surface area contributed by atoms with E-state index in [-0.39, 0.29) is 0 Å². The minimum Gasteiger partial charge on any atom is -0.491 e. The summed E-state index contributed by atoms with van der Waals surface area (Å²) in [7, 11) is 0. The van der Waals surface area contributed by atoms with Gasteiger partial charge in [-0.05, 0) is 43.5 Å². The van der Waals surface area contributed by atoms with Crippen LogP contribution >= 0.6 is 15.9 Å². The van der Waals surface area contributed by atoms with E-state index in [0.29, 0.717) is 19.1 Å². The van der Waals surface area contributed by atoms with E-state index in [9.17, 15) is 0 Å². The maximum Gasteiger partial charge on any atom is 0.126 e. The third-order valence-electron chi connectivity index (χ3n) is 3.20. The van der Waals surface area contributed by atoms with Crippen LogP contribution in [0.2, 0.25) is 0 Å². The number of halogens is 1. The maximum absolute atomic E-state index is 5.94. The number of rotatable bonds is 10. The van der Waals surface area contributed by atoms with E-state index in [0.717, 1.165) is 41.9 Å². The molecule has 120 valence electrons.